The summed E-state index contributed by atoms with van der Waals surface area (Å²) < 4.78 is 1.81. The van der Waals surface area contributed by atoms with Gasteiger partial charge in [-0.25, -0.2) is 4.98 Å². The van der Waals surface area contributed by atoms with Crippen LogP contribution in [-0.4, -0.2) is 46.7 Å². The zero-order valence-corrected chi connectivity index (χ0v) is 21.2. The number of imidazole rings is 1. The lowest BCUT2D eigenvalue weighted by molar-refractivity contribution is -0.116. The predicted octanol–water partition coefficient (Wildman–Crippen LogP) is 2.95. The van der Waals surface area contributed by atoms with Crippen LogP contribution in [0.1, 0.15) is 47.3 Å². The monoisotopic (exact) mass is 517 g/mol. The Labute approximate surface area is 217 Å². The molecular weight excluding hydrogens is 490 g/mol. The Morgan fingerprint density at radius 3 is 2.57 bits per heavy atom. The number of pyridine rings is 1. The van der Waals surface area contributed by atoms with E-state index in [1.165, 1.54) is 11.3 Å². The van der Waals surface area contributed by atoms with Crippen molar-refractivity contribution in [2.45, 2.75) is 44.4 Å². The molecule has 4 aromatic rings. The van der Waals surface area contributed by atoms with Crippen LogP contribution in [0.4, 0.5) is 10.9 Å². The van der Waals surface area contributed by atoms with Gasteiger partial charge in [-0.2, -0.15) is 5.10 Å². The summed E-state index contributed by atoms with van der Waals surface area (Å²) in [5.41, 5.74) is 2.31. The fourth-order valence-electron chi connectivity index (χ4n) is 4.51. The van der Waals surface area contributed by atoms with E-state index >= 15 is 0 Å². The van der Waals surface area contributed by atoms with E-state index in [1.807, 2.05) is 42.1 Å². The molecule has 0 unspecified atom stereocenters. The van der Waals surface area contributed by atoms with Gasteiger partial charge in [0.15, 0.2) is 5.82 Å². The number of aryl methyl sites for hydroxylation is 1. The van der Waals surface area contributed by atoms with E-state index in [2.05, 4.69) is 41.0 Å². The molecule has 4 aromatic heterocycles. The molecule has 2 N–H and O–H groups in total. The minimum Gasteiger partial charge on any atom is -0.340 e. The fourth-order valence-corrected chi connectivity index (χ4v) is 5.41. The Morgan fingerprint density at radius 2 is 1.81 bits per heavy atom. The molecule has 2 atom stereocenters. The summed E-state index contributed by atoms with van der Waals surface area (Å²) in [5, 5.41) is 24.1. The minimum absolute atomic E-state index is 0.152. The van der Waals surface area contributed by atoms with Crippen LogP contribution in [0.25, 0.3) is 0 Å². The first kappa shape index (κ1) is 24.6. The molecule has 190 valence electrons. The van der Waals surface area contributed by atoms with Crippen molar-refractivity contribution >= 4 is 34.1 Å². The Kier molecular flexibility index (Phi) is 7.54. The predicted molar refractivity (Wildman–Crippen MR) is 138 cm³/mol. The van der Waals surface area contributed by atoms with Gasteiger partial charge in [-0.3, -0.25) is 14.6 Å². The number of anilines is 2. The molecule has 0 bridgehead atoms. The number of rotatable bonds is 9. The zero-order valence-electron chi connectivity index (χ0n) is 20.4. The second-order valence-corrected chi connectivity index (χ2v) is 10.2. The van der Waals surface area contributed by atoms with E-state index in [-0.39, 0.29) is 24.7 Å². The topological polar surface area (TPSA) is 140 Å². The second kappa shape index (κ2) is 11.3. The van der Waals surface area contributed by atoms with Crippen molar-refractivity contribution in [3.63, 3.8) is 0 Å². The van der Waals surface area contributed by atoms with Crippen molar-refractivity contribution < 1.29 is 9.59 Å². The quantitative estimate of drug-likeness (QED) is 0.345. The van der Waals surface area contributed by atoms with Gasteiger partial charge in [-0.15, -0.1) is 15.3 Å². The average Bonchev–Trinajstić information content (AvgIpc) is 3.63. The Bertz CT molecular complexity index is 1350. The number of carbonyl (C=O) groups excluding carboxylic acids is 2. The van der Waals surface area contributed by atoms with Crippen LogP contribution in [0.5, 0.6) is 0 Å². The van der Waals surface area contributed by atoms with Crippen molar-refractivity contribution in [2.24, 2.45) is 13.0 Å². The first-order valence-electron chi connectivity index (χ1n) is 12.1. The largest absolute Gasteiger partial charge is 0.340 e. The number of hydrogen-bond acceptors (Lipinski definition) is 9. The minimum atomic E-state index is -0.177. The number of nitrogens with zero attached hydrogens (tertiary/aromatic N) is 7. The van der Waals surface area contributed by atoms with E-state index in [0.717, 1.165) is 36.4 Å². The zero-order chi connectivity index (χ0) is 25.6. The first-order chi connectivity index (χ1) is 18.0. The van der Waals surface area contributed by atoms with Gasteiger partial charge in [0.2, 0.25) is 16.9 Å². The molecule has 0 saturated heterocycles. The van der Waals surface area contributed by atoms with E-state index in [9.17, 15) is 9.59 Å². The van der Waals surface area contributed by atoms with Crippen LogP contribution in [-0.2, 0) is 35.9 Å². The molecule has 4 heterocycles. The van der Waals surface area contributed by atoms with Crippen molar-refractivity contribution in [1.29, 1.82) is 0 Å². The third-order valence-corrected chi connectivity index (χ3v) is 7.23. The number of amides is 2. The third-order valence-electron chi connectivity index (χ3n) is 6.23. The van der Waals surface area contributed by atoms with Gasteiger partial charge in [0.05, 0.1) is 30.6 Å². The number of hydrogen-bond donors (Lipinski definition) is 2. The van der Waals surface area contributed by atoms with Crippen molar-refractivity contribution in [1.82, 2.24) is 34.9 Å². The third kappa shape index (κ3) is 6.79. The Balaban J connectivity index is 1.08. The molecule has 2 amide bonds. The molecule has 1 fully saturated rings. The van der Waals surface area contributed by atoms with Crippen molar-refractivity contribution in [2.75, 3.05) is 10.6 Å². The highest BCUT2D eigenvalue weighted by molar-refractivity contribution is 7.15. The summed E-state index contributed by atoms with van der Waals surface area (Å²) in [6.07, 6.45) is 9.44. The van der Waals surface area contributed by atoms with E-state index < -0.39 is 0 Å². The Morgan fingerprint density at radius 1 is 0.946 bits per heavy atom. The van der Waals surface area contributed by atoms with Crippen LogP contribution in [0, 0.1) is 5.92 Å². The molecular formula is C25H27N9O2S. The molecule has 0 aromatic carbocycles. The molecule has 1 saturated carbocycles. The van der Waals surface area contributed by atoms with Gasteiger partial charge < -0.3 is 15.2 Å². The highest BCUT2D eigenvalue weighted by Crippen LogP contribution is 2.41. The standard InChI is InChI=1S/C25H27N9O2S/c1-34-14-20(27-15-34)13-23(36)29-25-33-32-24(37-25)17-6-5-16(10-17)11-19-7-8-21(31-30-19)28-22(35)12-18-4-2-3-9-26-18/h2-4,7-9,14-17H,5-6,10-13H2,1H3,(H,28,31,35)(H,29,33,36)/t16-,17+/m1/s1. The van der Waals surface area contributed by atoms with Crippen LogP contribution < -0.4 is 10.6 Å². The maximum absolute atomic E-state index is 12.3. The van der Waals surface area contributed by atoms with Crippen molar-refractivity contribution in [3.8, 4) is 0 Å². The molecule has 5 rings (SSSR count). The van der Waals surface area contributed by atoms with Gasteiger partial charge in [0.1, 0.15) is 5.01 Å². The molecule has 37 heavy (non-hydrogen) atoms. The highest BCUT2D eigenvalue weighted by atomic mass is 32.1. The first-order valence-corrected chi connectivity index (χ1v) is 12.9. The lowest BCUT2D eigenvalue weighted by Gasteiger charge is -2.09. The SMILES string of the molecule is Cn1cnc(CC(=O)Nc2nnc([C@H]3CC[C@@H](Cc4ccc(NC(=O)Cc5ccccn5)nn4)C3)s2)c1. The maximum atomic E-state index is 12.3. The molecule has 0 spiro atoms. The van der Waals surface area contributed by atoms with Crippen molar-refractivity contribution in [3.05, 3.63) is 71.1 Å². The molecule has 1 aliphatic rings. The molecule has 0 radical (unpaired) electrons. The second-order valence-electron chi connectivity index (χ2n) is 9.24. The number of nitrogens with one attached hydrogen (secondary N) is 2. The molecule has 11 nitrogen and oxygen atoms in total. The van der Waals surface area contributed by atoms with Crippen LogP contribution in [0.15, 0.2) is 49.1 Å². The summed E-state index contributed by atoms with van der Waals surface area (Å²) in [4.78, 5) is 32.8. The van der Waals surface area contributed by atoms with E-state index in [0.29, 0.717) is 34.2 Å². The highest BCUT2D eigenvalue weighted by Gasteiger charge is 2.29. The van der Waals surface area contributed by atoms with E-state index in [4.69, 9.17) is 0 Å². The van der Waals surface area contributed by atoms with E-state index in [1.54, 1.807) is 18.6 Å². The number of carbonyl (C=O) groups is 2. The van der Waals surface area contributed by atoms with Crippen LogP contribution in [0.3, 0.4) is 0 Å². The summed E-state index contributed by atoms with van der Waals surface area (Å²) in [6, 6.07) is 9.18. The van der Waals surface area contributed by atoms with Crippen LogP contribution >= 0.6 is 11.3 Å². The molecule has 12 heteroatoms. The van der Waals surface area contributed by atoms with Gasteiger partial charge in [-0.1, -0.05) is 17.4 Å². The number of aromatic nitrogens is 7. The summed E-state index contributed by atoms with van der Waals surface area (Å²) >= 11 is 1.44. The van der Waals surface area contributed by atoms with Gasteiger partial charge in [0, 0.05) is 31.1 Å². The summed E-state index contributed by atoms with van der Waals surface area (Å²) in [7, 11) is 1.87. The smallest absolute Gasteiger partial charge is 0.232 e. The lowest BCUT2D eigenvalue weighted by atomic mass is 10.00. The summed E-state index contributed by atoms with van der Waals surface area (Å²) in [5.74, 6) is 0.891. The van der Waals surface area contributed by atoms with Gasteiger partial charge >= 0.3 is 0 Å². The normalized spacial score (nSPS) is 17.0. The maximum Gasteiger partial charge on any atom is 0.232 e. The summed E-state index contributed by atoms with van der Waals surface area (Å²) in [6.45, 7) is 0. The fraction of sp³-hybridized carbons (Fsp3) is 0.360. The average molecular weight is 518 g/mol. The van der Waals surface area contributed by atoms with Gasteiger partial charge in [-0.05, 0) is 55.9 Å². The van der Waals surface area contributed by atoms with Gasteiger partial charge in [0.25, 0.3) is 0 Å². The molecule has 1 aliphatic carbocycles. The lowest BCUT2D eigenvalue weighted by Crippen LogP contribution is -2.16. The molecule has 0 aliphatic heterocycles. The Hall–Kier alpha value is -4.06. The van der Waals surface area contributed by atoms with Crippen LogP contribution in [0.2, 0.25) is 0 Å².